The van der Waals surface area contributed by atoms with Crippen LogP contribution < -0.4 is 10.1 Å². The zero-order chi connectivity index (χ0) is 15.3. The van der Waals surface area contributed by atoms with Crippen LogP contribution in [0.3, 0.4) is 0 Å². The summed E-state index contributed by atoms with van der Waals surface area (Å²) in [5, 5.41) is 3.36. The molecule has 0 aliphatic carbocycles. The van der Waals surface area contributed by atoms with Crippen molar-refractivity contribution < 1.29 is 9.47 Å². The molecule has 3 nitrogen and oxygen atoms in total. The highest BCUT2D eigenvalue weighted by atomic mass is 16.5. The fourth-order valence-corrected chi connectivity index (χ4v) is 1.87. The van der Waals surface area contributed by atoms with Gasteiger partial charge in [-0.2, -0.15) is 0 Å². The van der Waals surface area contributed by atoms with Crippen LogP contribution in [0.15, 0.2) is 36.4 Å². The van der Waals surface area contributed by atoms with E-state index in [1.807, 2.05) is 19.1 Å². The molecule has 0 aliphatic rings. The largest absolute Gasteiger partial charge is 0.494 e. The number of ether oxygens (including phenoxy) is 2. The van der Waals surface area contributed by atoms with Crippen LogP contribution in [0, 0.1) is 0 Å². The molecule has 0 amide bonds. The first kappa shape index (κ1) is 17.7. The molecule has 1 rings (SSSR count). The fourth-order valence-electron chi connectivity index (χ4n) is 1.87. The van der Waals surface area contributed by atoms with E-state index < -0.39 is 0 Å². The minimum absolute atomic E-state index is 0.645. The Labute approximate surface area is 129 Å². The van der Waals surface area contributed by atoms with Crippen molar-refractivity contribution in [3.8, 4) is 5.75 Å². The Balaban J connectivity index is 2.11. The molecule has 0 radical (unpaired) electrons. The second kappa shape index (κ2) is 11.4. The van der Waals surface area contributed by atoms with E-state index in [2.05, 4.69) is 31.0 Å². The van der Waals surface area contributed by atoms with E-state index in [1.54, 1.807) is 0 Å². The van der Waals surface area contributed by atoms with Crippen LogP contribution in [-0.4, -0.2) is 26.4 Å². The van der Waals surface area contributed by atoms with Crippen LogP contribution in [0.4, 0.5) is 0 Å². The van der Waals surface area contributed by atoms with Crippen LogP contribution in [-0.2, 0) is 11.3 Å². The number of nitrogens with one attached hydrogen (secondary N) is 1. The maximum absolute atomic E-state index is 5.69. The summed E-state index contributed by atoms with van der Waals surface area (Å²) in [6.45, 7) is 11.8. The standard InChI is InChI=1S/C18H29NO2/c1-4-5-6-12-21-18-9-7-17(8-10-18)14-19-11-13-20-15-16(2)3/h7-10,19H,2,4-6,11-15H2,1,3H3. The molecule has 3 heteroatoms. The van der Waals surface area contributed by atoms with E-state index in [4.69, 9.17) is 9.47 Å². The third kappa shape index (κ3) is 9.27. The molecule has 0 bridgehead atoms. The molecule has 0 fully saturated rings. The Morgan fingerprint density at radius 2 is 1.90 bits per heavy atom. The molecule has 0 saturated heterocycles. The van der Waals surface area contributed by atoms with E-state index in [-0.39, 0.29) is 0 Å². The Morgan fingerprint density at radius 1 is 1.14 bits per heavy atom. The quantitative estimate of drug-likeness (QED) is 0.467. The summed E-state index contributed by atoms with van der Waals surface area (Å²) in [4.78, 5) is 0. The lowest BCUT2D eigenvalue weighted by molar-refractivity contribution is 0.158. The maximum atomic E-state index is 5.69. The molecule has 0 atom stereocenters. The lowest BCUT2D eigenvalue weighted by Crippen LogP contribution is -2.19. The van der Waals surface area contributed by atoms with Gasteiger partial charge in [-0.15, -0.1) is 0 Å². The van der Waals surface area contributed by atoms with Gasteiger partial charge < -0.3 is 14.8 Å². The predicted molar refractivity (Wildman–Crippen MR) is 88.8 cm³/mol. The summed E-state index contributed by atoms with van der Waals surface area (Å²) in [6, 6.07) is 8.30. The molecule has 1 N–H and O–H groups in total. The number of hydrogen-bond acceptors (Lipinski definition) is 3. The molecule has 1 aromatic rings. The van der Waals surface area contributed by atoms with Crippen LogP contribution in [0.2, 0.25) is 0 Å². The highest BCUT2D eigenvalue weighted by Gasteiger charge is 1.96. The van der Waals surface area contributed by atoms with Crippen molar-refractivity contribution >= 4 is 0 Å². The summed E-state index contributed by atoms with van der Waals surface area (Å²) in [5.74, 6) is 0.958. The predicted octanol–water partition coefficient (Wildman–Crippen LogP) is 3.94. The van der Waals surface area contributed by atoms with Crippen molar-refractivity contribution in [2.75, 3.05) is 26.4 Å². The van der Waals surface area contributed by atoms with Gasteiger partial charge in [-0.05, 0) is 31.0 Å². The second-order valence-electron chi connectivity index (χ2n) is 5.39. The first-order chi connectivity index (χ1) is 10.2. The second-order valence-corrected chi connectivity index (χ2v) is 5.39. The van der Waals surface area contributed by atoms with Gasteiger partial charge in [0, 0.05) is 13.1 Å². The first-order valence-electron chi connectivity index (χ1n) is 7.87. The Bertz CT molecular complexity index is 387. The highest BCUT2D eigenvalue weighted by molar-refractivity contribution is 5.27. The van der Waals surface area contributed by atoms with Crippen LogP contribution in [0.5, 0.6) is 5.75 Å². The lowest BCUT2D eigenvalue weighted by Gasteiger charge is -2.08. The van der Waals surface area contributed by atoms with Crippen LogP contribution in [0.25, 0.3) is 0 Å². The SMILES string of the molecule is C=C(C)COCCNCc1ccc(OCCCCC)cc1. The summed E-state index contributed by atoms with van der Waals surface area (Å²) >= 11 is 0. The minimum Gasteiger partial charge on any atom is -0.494 e. The average Bonchev–Trinajstić information content (AvgIpc) is 2.48. The van der Waals surface area contributed by atoms with Gasteiger partial charge in [0.1, 0.15) is 5.75 Å². The summed E-state index contributed by atoms with van der Waals surface area (Å²) < 4.78 is 11.1. The van der Waals surface area contributed by atoms with Gasteiger partial charge in [-0.3, -0.25) is 0 Å². The normalized spacial score (nSPS) is 10.6. The third-order valence-electron chi connectivity index (χ3n) is 3.04. The van der Waals surface area contributed by atoms with Gasteiger partial charge in [-0.25, -0.2) is 0 Å². The molecule has 21 heavy (non-hydrogen) atoms. The number of unbranched alkanes of at least 4 members (excludes halogenated alkanes) is 2. The molecule has 0 saturated carbocycles. The molecule has 0 spiro atoms. The summed E-state index contributed by atoms with van der Waals surface area (Å²) in [7, 11) is 0. The van der Waals surface area contributed by atoms with Crippen molar-refractivity contribution in [1.82, 2.24) is 5.32 Å². The maximum Gasteiger partial charge on any atom is 0.119 e. The Kier molecular flexibility index (Phi) is 9.58. The molecule has 0 heterocycles. The zero-order valence-corrected chi connectivity index (χ0v) is 13.5. The molecular formula is C18H29NO2. The van der Waals surface area contributed by atoms with Gasteiger partial charge >= 0.3 is 0 Å². The van der Waals surface area contributed by atoms with E-state index in [0.29, 0.717) is 13.2 Å². The molecule has 0 unspecified atom stereocenters. The van der Waals surface area contributed by atoms with E-state index in [0.717, 1.165) is 37.4 Å². The van der Waals surface area contributed by atoms with Gasteiger partial charge in [0.15, 0.2) is 0 Å². The van der Waals surface area contributed by atoms with Gasteiger partial charge in [-0.1, -0.05) is 44.1 Å². The summed E-state index contributed by atoms with van der Waals surface area (Å²) in [6.07, 6.45) is 3.59. The third-order valence-corrected chi connectivity index (χ3v) is 3.04. The topological polar surface area (TPSA) is 30.5 Å². The number of hydrogen-bond donors (Lipinski definition) is 1. The number of benzene rings is 1. The van der Waals surface area contributed by atoms with Gasteiger partial charge in [0.25, 0.3) is 0 Å². The van der Waals surface area contributed by atoms with E-state index in [1.165, 1.54) is 18.4 Å². The van der Waals surface area contributed by atoms with Crippen molar-refractivity contribution in [2.24, 2.45) is 0 Å². The summed E-state index contributed by atoms with van der Waals surface area (Å²) in [5.41, 5.74) is 2.32. The highest BCUT2D eigenvalue weighted by Crippen LogP contribution is 2.12. The van der Waals surface area contributed by atoms with E-state index >= 15 is 0 Å². The Hall–Kier alpha value is -1.32. The molecule has 0 aliphatic heterocycles. The smallest absolute Gasteiger partial charge is 0.119 e. The number of rotatable bonds is 12. The van der Waals surface area contributed by atoms with Crippen molar-refractivity contribution in [1.29, 1.82) is 0 Å². The van der Waals surface area contributed by atoms with Crippen molar-refractivity contribution in [3.05, 3.63) is 42.0 Å². The molecule has 118 valence electrons. The minimum atomic E-state index is 0.645. The first-order valence-corrected chi connectivity index (χ1v) is 7.87. The van der Waals surface area contributed by atoms with Gasteiger partial charge in [0.2, 0.25) is 0 Å². The van der Waals surface area contributed by atoms with Crippen LogP contribution >= 0.6 is 0 Å². The van der Waals surface area contributed by atoms with E-state index in [9.17, 15) is 0 Å². The zero-order valence-electron chi connectivity index (χ0n) is 13.5. The lowest BCUT2D eigenvalue weighted by atomic mass is 10.2. The molecular weight excluding hydrogens is 262 g/mol. The molecule has 0 aromatic heterocycles. The van der Waals surface area contributed by atoms with Crippen LogP contribution in [0.1, 0.15) is 38.7 Å². The monoisotopic (exact) mass is 291 g/mol. The van der Waals surface area contributed by atoms with Gasteiger partial charge in [0.05, 0.1) is 19.8 Å². The van der Waals surface area contributed by atoms with Crippen molar-refractivity contribution in [3.63, 3.8) is 0 Å². The average molecular weight is 291 g/mol. The Morgan fingerprint density at radius 3 is 2.57 bits per heavy atom. The van der Waals surface area contributed by atoms with Crippen molar-refractivity contribution in [2.45, 2.75) is 39.7 Å². The molecule has 1 aromatic carbocycles. The fraction of sp³-hybridized carbons (Fsp3) is 0.556.